The van der Waals surface area contributed by atoms with Crippen LogP contribution >= 0.6 is 0 Å². The molecule has 2 atom stereocenters. The first-order valence-electron chi connectivity index (χ1n) is 11.0. The molecule has 0 saturated carbocycles. The Hall–Kier alpha value is -1.59. The van der Waals surface area contributed by atoms with Gasteiger partial charge in [0.25, 0.3) is 0 Å². The van der Waals surface area contributed by atoms with Crippen LogP contribution in [0.15, 0.2) is 24.3 Å². The predicted octanol–water partition coefficient (Wildman–Crippen LogP) is 3.73. The molecule has 1 aliphatic heterocycles. The van der Waals surface area contributed by atoms with Crippen LogP contribution in [0, 0.1) is 0 Å². The second-order valence-electron chi connectivity index (χ2n) is 8.28. The van der Waals surface area contributed by atoms with Gasteiger partial charge in [0, 0.05) is 32.7 Å². The molecule has 158 valence electrons. The van der Waals surface area contributed by atoms with Crippen molar-refractivity contribution in [2.75, 3.05) is 38.6 Å². The lowest BCUT2D eigenvalue weighted by Gasteiger charge is -2.29. The SMILES string of the molecule is CCCCCCCC(=O)N[C@H](CN1CCCC1)[C@H](O)c1cccc(N(C)C)c1. The molecule has 2 rings (SSSR count). The highest BCUT2D eigenvalue weighted by Crippen LogP contribution is 2.23. The number of benzene rings is 1. The minimum Gasteiger partial charge on any atom is -0.386 e. The number of nitrogens with one attached hydrogen (secondary N) is 1. The Morgan fingerprint density at radius 3 is 2.57 bits per heavy atom. The molecule has 0 unspecified atom stereocenters. The molecule has 1 amide bonds. The Kier molecular flexibility index (Phi) is 9.79. The molecule has 5 nitrogen and oxygen atoms in total. The topological polar surface area (TPSA) is 55.8 Å². The van der Waals surface area contributed by atoms with E-state index < -0.39 is 6.10 Å². The van der Waals surface area contributed by atoms with Gasteiger partial charge in [-0.3, -0.25) is 4.79 Å². The number of hydrogen-bond donors (Lipinski definition) is 2. The van der Waals surface area contributed by atoms with Crippen molar-refractivity contribution in [2.24, 2.45) is 0 Å². The summed E-state index contributed by atoms with van der Waals surface area (Å²) in [6, 6.07) is 7.68. The van der Waals surface area contributed by atoms with Crippen molar-refractivity contribution < 1.29 is 9.90 Å². The molecule has 1 aromatic carbocycles. The van der Waals surface area contributed by atoms with Gasteiger partial charge in [-0.15, -0.1) is 0 Å². The van der Waals surface area contributed by atoms with E-state index in [0.717, 1.165) is 37.2 Å². The van der Waals surface area contributed by atoms with E-state index >= 15 is 0 Å². The Morgan fingerprint density at radius 2 is 1.89 bits per heavy atom. The van der Waals surface area contributed by atoms with E-state index in [9.17, 15) is 9.90 Å². The molecule has 28 heavy (non-hydrogen) atoms. The van der Waals surface area contributed by atoms with Gasteiger partial charge in [0.2, 0.25) is 5.91 Å². The van der Waals surface area contributed by atoms with Gasteiger partial charge in [-0.25, -0.2) is 0 Å². The second kappa shape index (κ2) is 12.1. The first kappa shape index (κ1) is 22.7. The van der Waals surface area contributed by atoms with Crippen LogP contribution in [0.3, 0.4) is 0 Å². The van der Waals surface area contributed by atoms with E-state index in [1.54, 1.807) is 0 Å². The highest BCUT2D eigenvalue weighted by Gasteiger charge is 2.26. The Labute approximate surface area is 171 Å². The first-order chi connectivity index (χ1) is 13.5. The lowest BCUT2D eigenvalue weighted by molar-refractivity contribution is -0.123. The van der Waals surface area contributed by atoms with Crippen LogP contribution in [0.25, 0.3) is 0 Å². The Bertz CT molecular complexity index is 585. The summed E-state index contributed by atoms with van der Waals surface area (Å²) < 4.78 is 0. The van der Waals surface area contributed by atoms with Crippen molar-refractivity contribution in [1.29, 1.82) is 0 Å². The van der Waals surface area contributed by atoms with Gasteiger partial charge in [0.1, 0.15) is 6.10 Å². The van der Waals surface area contributed by atoms with E-state index in [1.807, 2.05) is 43.3 Å². The van der Waals surface area contributed by atoms with E-state index in [0.29, 0.717) is 13.0 Å². The largest absolute Gasteiger partial charge is 0.386 e. The van der Waals surface area contributed by atoms with E-state index in [4.69, 9.17) is 0 Å². The molecule has 1 heterocycles. The number of unbranched alkanes of at least 4 members (excludes halogenated alkanes) is 4. The van der Waals surface area contributed by atoms with Crippen molar-refractivity contribution in [3.8, 4) is 0 Å². The van der Waals surface area contributed by atoms with Gasteiger partial charge in [-0.2, -0.15) is 0 Å². The highest BCUT2D eigenvalue weighted by atomic mass is 16.3. The molecular weight excluding hydrogens is 350 g/mol. The maximum atomic E-state index is 12.5. The zero-order chi connectivity index (χ0) is 20.4. The third-order valence-corrected chi connectivity index (χ3v) is 5.62. The molecule has 0 spiro atoms. The summed E-state index contributed by atoms with van der Waals surface area (Å²) in [5.41, 5.74) is 1.91. The maximum Gasteiger partial charge on any atom is 0.220 e. The number of anilines is 1. The summed E-state index contributed by atoms with van der Waals surface area (Å²) in [5.74, 6) is 0.0588. The second-order valence-corrected chi connectivity index (χ2v) is 8.28. The Morgan fingerprint density at radius 1 is 1.18 bits per heavy atom. The van der Waals surface area contributed by atoms with Crippen LogP contribution in [-0.2, 0) is 4.79 Å². The van der Waals surface area contributed by atoms with Crippen LogP contribution in [0.5, 0.6) is 0 Å². The van der Waals surface area contributed by atoms with Gasteiger partial charge in [0.05, 0.1) is 6.04 Å². The van der Waals surface area contributed by atoms with Gasteiger partial charge in [0.15, 0.2) is 0 Å². The predicted molar refractivity (Wildman–Crippen MR) is 117 cm³/mol. The van der Waals surface area contributed by atoms with Crippen molar-refractivity contribution in [2.45, 2.75) is 70.4 Å². The highest BCUT2D eigenvalue weighted by molar-refractivity contribution is 5.76. The van der Waals surface area contributed by atoms with Crippen molar-refractivity contribution >= 4 is 11.6 Å². The van der Waals surface area contributed by atoms with Gasteiger partial charge in [-0.05, 0) is 50.0 Å². The first-order valence-corrected chi connectivity index (χ1v) is 11.0. The monoisotopic (exact) mass is 389 g/mol. The number of amides is 1. The lowest BCUT2D eigenvalue weighted by atomic mass is 10.0. The van der Waals surface area contributed by atoms with E-state index in [1.165, 1.54) is 32.1 Å². The summed E-state index contributed by atoms with van der Waals surface area (Å²) in [7, 11) is 3.99. The van der Waals surface area contributed by atoms with Crippen LogP contribution in [0.2, 0.25) is 0 Å². The number of carbonyl (C=O) groups is 1. The third-order valence-electron chi connectivity index (χ3n) is 5.62. The summed E-state index contributed by atoms with van der Waals surface area (Å²) >= 11 is 0. The molecule has 2 N–H and O–H groups in total. The van der Waals surface area contributed by atoms with E-state index in [2.05, 4.69) is 17.1 Å². The van der Waals surface area contributed by atoms with Crippen molar-refractivity contribution in [3.63, 3.8) is 0 Å². The maximum absolute atomic E-state index is 12.5. The number of aliphatic hydroxyl groups is 1. The fourth-order valence-corrected chi connectivity index (χ4v) is 3.86. The number of nitrogens with zero attached hydrogens (tertiary/aromatic N) is 2. The standard InChI is InChI=1S/C23H39N3O2/c1-4-5-6-7-8-14-22(27)24-21(18-26-15-9-10-16-26)23(28)19-12-11-13-20(17-19)25(2)3/h11-13,17,21,23,28H,4-10,14-16,18H2,1-3H3,(H,24,27)/t21-,23-/m1/s1. The van der Waals surface area contributed by atoms with Crippen LogP contribution in [-0.4, -0.2) is 55.7 Å². The molecule has 1 aliphatic rings. The molecule has 1 saturated heterocycles. The minimum atomic E-state index is -0.704. The van der Waals surface area contributed by atoms with Crippen LogP contribution in [0.1, 0.15) is 70.0 Å². The fourth-order valence-electron chi connectivity index (χ4n) is 3.86. The third kappa shape index (κ3) is 7.44. The number of hydrogen-bond acceptors (Lipinski definition) is 4. The number of aliphatic hydroxyl groups excluding tert-OH is 1. The molecule has 0 radical (unpaired) electrons. The number of carbonyl (C=O) groups excluding carboxylic acids is 1. The molecule has 0 aliphatic carbocycles. The van der Waals surface area contributed by atoms with Gasteiger partial charge in [-0.1, -0.05) is 44.7 Å². The van der Waals surface area contributed by atoms with Gasteiger partial charge < -0.3 is 20.2 Å². The zero-order valence-corrected chi connectivity index (χ0v) is 18.0. The molecule has 0 aromatic heterocycles. The smallest absolute Gasteiger partial charge is 0.220 e. The average molecular weight is 390 g/mol. The van der Waals surface area contributed by atoms with Crippen molar-refractivity contribution in [1.82, 2.24) is 10.2 Å². The molecule has 1 aromatic rings. The molecule has 0 bridgehead atoms. The molecule has 5 heteroatoms. The molecular formula is C23H39N3O2. The normalized spacial score (nSPS) is 16.7. The number of rotatable bonds is 12. The Balaban J connectivity index is 1.99. The van der Waals surface area contributed by atoms with E-state index in [-0.39, 0.29) is 11.9 Å². The van der Waals surface area contributed by atoms with Crippen LogP contribution in [0.4, 0.5) is 5.69 Å². The fraction of sp³-hybridized carbons (Fsp3) is 0.696. The summed E-state index contributed by atoms with van der Waals surface area (Å²) in [5, 5.41) is 14.2. The van der Waals surface area contributed by atoms with Gasteiger partial charge >= 0.3 is 0 Å². The summed E-state index contributed by atoms with van der Waals surface area (Å²) in [6.45, 7) is 5.00. The van der Waals surface area contributed by atoms with Crippen molar-refractivity contribution in [3.05, 3.63) is 29.8 Å². The lowest BCUT2D eigenvalue weighted by Crippen LogP contribution is -2.46. The zero-order valence-electron chi connectivity index (χ0n) is 18.0. The summed E-state index contributed by atoms with van der Waals surface area (Å²) in [6.07, 6.45) is 7.91. The molecule has 1 fully saturated rings. The van der Waals surface area contributed by atoms with Crippen LogP contribution < -0.4 is 10.2 Å². The summed E-state index contributed by atoms with van der Waals surface area (Å²) in [4.78, 5) is 16.9. The minimum absolute atomic E-state index is 0.0588. The number of likely N-dealkylation sites (tertiary alicyclic amines) is 1. The quantitative estimate of drug-likeness (QED) is 0.535. The average Bonchev–Trinajstić information content (AvgIpc) is 3.20.